The Morgan fingerprint density at radius 2 is 0.439 bits per heavy atom. The molecule has 9 aromatic rings. The van der Waals surface area contributed by atoms with Crippen molar-refractivity contribution in [3.8, 4) is 66.8 Å². The molecule has 0 unspecified atom stereocenters. The van der Waals surface area contributed by atoms with Gasteiger partial charge in [-0.2, -0.15) is 0 Å². The lowest BCUT2D eigenvalue weighted by Gasteiger charge is -2.20. The van der Waals surface area contributed by atoms with Crippen LogP contribution < -0.4 is 0 Å². The summed E-state index contributed by atoms with van der Waals surface area (Å²) in [7, 11) is 0. The molecule has 0 aliphatic carbocycles. The number of pyridine rings is 2. The highest BCUT2D eigenvalue weighted by atomic mass is 14.7. The summed E-state index contributed by atoms with van der Waals surface area (Å²) in [5, 5.41) is 2.14. The molecular weight excluding hydrogens is 797 g/mol. The van der Waals surface area contributed by atoms with E-state index in [1.807, 2.05) is 12.4 Å². The second kappa shape index (κ2) is 16.7. The van der Waals surface area contributed by atoms with E-state index in [9.17, 15) is 0 Å². The minimum atomic E-state index is 0.0884. The summed E-state index contributed by atoms with van der Waals surface area (Å²) in [6.45, 7) is 27.2. The third-order valence-corrected chi connectivity index (χ3v) is 13.4. The topological polar surface area (TPSA) is 25.8 Å². The standard InChI is InChI=1S/C64H64N2/c1-61(2,3)55-23-15-41(16-24-55)47-33-48(42-17-25-56(26-18-42)62(4,5)6)36-51(35-47)53-31-45-13-14-46-32-54(40-66-60(46)59(45)65-39-53)52-37-49(43-19-27-57(28-20-43)63(7,8)9)34-50(38-52)44-21-29-58(30-22-44)64(10,11)12/h13-40H,1-12H3. The Morgan fingerprint density at radius 1 is 0.227 bits per heavy atom. The average molecular weight is 861 g/mol. The van der Waals surface area contributed by atoms with Gasteiger partial charge in [0.1, 0.15) is 0 Å². The molecule has 0 N–H and O–H groups in total. The van der Waals surface area contributed by atoms with Gasteiger partial charge in [0, 0.05) is 34.3 Å². The van der Waals surface area contributed by atoms with E-state index < -0.39 is 0 Å². The van der Waals surface area contributed by atoms with E-state index in [1.165, 1.54) is 66.8 Å². The zero-order valence-corrected chi connectivity index (χ0v) is 41.1. The summed E-state index contributed by atoms with van der Waals surface area (Å²) >= 11 is 0. The van der Waals surface area contributed by atoms with Crippen LogP contribution in [0, 0.1) is 0 Å². The Balaban J connectivity index is 1.11. The lowest BCUT2D eigenvalue weighted by atomic mass is 9.85. The van der Waals surface area contributed by atoms with Gasteiger partial charge in [-0.3, -0.25) is 9.97 Å². The van der Waals surface area contributed by atoms with Crippen LogP contribution in [0.3, 0.4) is 0 Å². The fourth-order valence-electron chi connectivity index (χ4n) is 9.01. The molecule has 66 heavy (non-hydrogen) atoms. The molecule has 0 aliphatic heterocycles. The zero-order valence-electron chi connectivity index (χ0n) is 41.1. The van der Waals surface area contributed by atoms with Gasteiger partial charge in [-0.05, 0) is 148 Å². The molecule has 0 spiro atoms. The SMILES string of the molecule is CC(C)(C)c1ccc(-c2cc(-c3ccc(C(C)(C)C)cc3)cc(-c3cnc4c(ccc5cc(-c6cc(-c7ccc(C(C)(C)C)cc7)cc(-c7ccc(C(C)(C)C)cc7)c6)cnc54)c3)c2)cc1. The molecule has 0 fully saturated rings. The Hall–Kier alpha value is -6.64. The molecule has 330 valence electrons. The van der Waals surface area contributed by atoms with Crippen LogP contribution >= 0.6 is 0 Å². The fourth-order valence-corrected chi connectivity index (χ4v) is 9.01. The number of rotatable bonds is 6. The van der Waals surface area contributed by atoms with Gasteiger partial charge in [-0.15, -0.1) is 0 Å². The van der Waals surface area contributed by atoms with Crippen molar-refractivity contribution in [1.82, 2.24) is 9.97 Å². The molecule has 0 aliphatic rings. The largest absolute Gasteiger partial charge is 0.253 e. The predicted octanol–water partition coefficient (Wildman–Crippen LogP) is 18.0. The van der Waals surface area contributed by atoms with E-state index in [1.54, 1.807) is 0 Å². The molecule has 2 heterocycles. The summed E-state index contributed by atoms with van der Waals surface area (Å²) in [4.78, 5) is 10.3. The van der Waals surface area contributed by atoms with Crippen molar-refractivity contribution in [3.63, 3.8) is 0 Å². The van der Waals surface area contributed by atoms with E-state index >= 15 is 0 Å². The van der Waals surface area contributed by atoms with Gasteiger partial charge in [-0.1, -0.05) is 192 Å². The fraction of sp³-hybridized carbons (Fsp3) is 0.250. The van der Waals surface area contributed by atoms with E-state index in [4.69, 9.17) is 9.97 Å². The maximum Gasteiger partial charge on any atom is 0.0965 e. The average Bonchev–Trinajstić information content (AvgIpc) is 3.30. The molecule has 2 aromatic heterocycles. The predicted molar refractivity (Wildman–Crippen MR) is 284 cm³/mol. The van der Waals surface area contributed by atoms with E-state index in [-0.39, 0.29) is 21.7 Å². The highest BCUT2D eigenvalue weighted by molar-refractivity contribution is 6.05. The maximum atomic E-state index is 5.16. The number of benzene rings is 7. The molecule has 0 atom stereocenters. The summed E-state index contributed by atoms with van der Waals surface area (Å²) in [6, 6.07) is 59.2. The first-order chi connectivity index (χ1) is 31.2. The van der Waals surface area contributed by atoms with Gasteiger partial charge in [0.05, 0.1) is 11.0 Å². The number of aromatic nitrogens is 2. The highest BCUT2D eigenvalue weighted by Crippen LogP contribution is 2.39. The molecule has 2 nitrogen and oxygen atoms in total. The van der Waals surface area contributed by atoms with E-state index in [0.717, 1.165) is 44.1 Å². The van der Waals surface area contributed by atoms with Gasteiger partial charge >= 0.3 is 0 Å². The van der Waals surface area contributed by atoms with Gasteiger partial charge in [-0.25, -0.2) is 0 Å². The Bertz CT molecular complexity index is 2840. The number of nitrogens with zero attached hydrogens (tertiary/aromatic N) is 2. The lowest BCUT2D eigenvalue weighted by Crippen LogP contribution is -2.10. The molecule has 0 saturated carbocycles. The number of fused-ring (bicyclic) bond motifs is 3. The van der Waals surface area contributed by atoms with Crippen molar-refractivity contribution in [1.29, 1.82) is 0 Å². The Kier molecular flexibility index (Phi) is 11.2. The molecule has 0 radical (unpaired) electrons. The molecular formula is C64H64N2. The van der Waals surface area contributed by atoms with Crippen LogP contribution in [0.1, 0.15) is 105 Å². The van der Waals surface area contributed by atoms with Crippen LogP contribution in [0.15, 0.2) is 170 Å². The second-order valence-electron chi connectivity index (χ2n) is 22.6. The summed E-state index contributed by atoms with van der Waals surface area (Å²) in [5.74, 6) is 0. The Morgan fingerprint density at radius 3 is 0.652 bits per heavy atom. The first-order valence-corrected chi connectivity index (χ1v) is 23.6. The zero-order chi connectivity index (χ0) is 46.8. The first kappa shape index (κ1) is 44.6. The minimum Gasteiger partial charge on any atom is -0.253 e. The van der Waals surface area contributed by atoms with Crippen LogP contribution in [0.5, 0.6) is 0 Å². The number of hydrogen-bond donors (Lipinski definition) is 0. The summed E-state index contributed by atoms with van der Waals surface area (Å²) in [6.07, 6.45) is 4.05. The molecule has 2 heteroatoms. The minimum absolute atomic E-state index is 0.0884. The first-order valence-electron chi connectivity index (χ1n) is 23.6. The van der Waals surface area contributed by atoms with Crippen LogP contribution in [0.2, 0.25) is 0 Å². The molecule has 0 bridgehead atoms. The molecule has 0 amide bonds. The van der Waals surface area contributed by atoms with Gasteiger partial charge in [0.15, 0.2) is 0 Å². The lowest BCUT2D eigenvalue weighted by molar-refractivity contribution is 0.590. The van der Waals surface area contributed by atoms with Gasteiger partial charge in [0.2, 0.25) is 0 Å². The summed E-state index contributed by atoms with van der Waals surface area (Å²) in [5.41, 5.74) is 21.5. The van der Waals surface area contributed by atoms with Gasteiger partial charge in [0.25, 0.3) is 0 Å². The maximum absolute atomic E-state index is 5.16. The van der Waals surface area contributed by atoms with Crippen molar-refractivity contribution in [2.24, 2.45) is 0 Å². The second-order valence-corrected chi connectivity index (χ2v) is 22.6. The third kappa shape index (κ3) is 9.25. The summed E-state index contributed by atoms with van der Waals surface area (Å²) < 4.78 is 0. The van der Waals surface area contributed by atoms with Crippen molar-refractivity contribution < 1.29 is 0 Å². The van der Waals surface area contributed by atoms with Crippen LogP contribution in [-0.2, 0) is 21.7 Å². The molecule has 0 saturated heterocycles. The smallest absolute Gasteiger partial charge is 0.0965 e. The van der Waals surface area contributed by atoms with E-state index in [0.29, 0.717) is 0 Å². The van der Waals surface area contributed by atoms with Crippen molar-refractivity contribution in [2.75, 3.05) is 0 Å². The Labute approximate surface area is 393 Å². The molecule has 7 aromatic carbocycles. The van der Waals surface area contributed by atoms with Crippen molar-refractivity contribution in [3.05, 3.63) is 192 Å². The monoisotopic (exact) mass is 861 g/mol. The highest BCUT2D eigenvalue weighted by Gasteiger charge is 2.19. The normalized spacial score (nSPS) is 12.5. The van der Waals surface area contributed by atoms with E-state index in [2.05, 4.69) is 241 Å². The van der Waals surface area contributed by atoms with Crippen LogP contribution in [-0.4, -0.2) is 9.97 Å². The molecule has 9 rings (SSSR count). The van der Waals surface area contributed by atoms with Crippen LogP contribution in [0.4, 0.5) is 0 Å². The van der Waals surface area contributed by atoms with Crippen molar-refractivity contribution in [2.45, 2.75) is 105 Å². The quantitative estimate of drug-likeness (QED) is 0.156. The van der Waals surface area contributed by atoms with Gasteiger partial charge < -0.3 is 0 Å². The van der Waals surface area contributed by atoms with Crippen molar-refractivity contribution >= 4 is 21.8 Å². The number of hydrogen-bond acceptors (Lipinski definition) is 2. The van der Waals surface area contributed by atoms with Crippen LogP contribution in [0.25, 0.3) is 88.6 Å². The third-order valence-electron chi connectivity index (χ3n) is 13.4.